The van der Waals surface area contributed by atoms with Crippen LogP contribution >= 0.6 is 23.5 Å². The Morgan fingerprint density at radius 1 is 0.422 bits per heavy atom. The Labute approximate surface area is 601 Å². The maximum atomic E-state index is 14.6. The summed E-state index contributed by atoms with van der Waals surface area (Å²) in [6, 6.07) is -6.14. The maximum Gasteiger partial charge on any atom is 0.414 e. The molecule has 6 amide bonds. The van der Waals surface area contributed by atoms with E-state index in [2.05, 4.69) is 41.9 Å². The molecule has 0 aliphatic carbocycles. The van der Waals surface area contributed by atoms with E-state index in [9.17, 15) is 67.1 Å². The van der Waals surface area contributed by atoms with Crippen molar-refractivity contribution in [3.63, 3.8) is 0 Å². The van der Waals surface area contributed by atoms with Crippen LogP contribution in [0.5, 0.6) is 0 Å². The number of methoxy groups -OCH3 is 2. The number of nitrogens with one attached hydrogen (secondary N) is 6. The van der Waals surface area contributed by atoms with Gasteiger partial charge >= 0.3 is 72.1 Å². The minimum atomic E-state index is -2.24. The highest BCUT2D eigenvalue weighted by Crippen LogP contribution is 2.45. The van der Waals surface area contributed by atoms with E-state index in [4.69, 9.17) is 66.3 Å². The normalized spacial score (nSPS) is 21.5. The lowest BCUT2D eigenvalue weighted by atomic mass is 9.87. The van der Waals surface area contributed by atoms with E-state index in [0.717, 1.165) is 93.1 Å². The molecule has 2 aliphatic heterocycles. The first-order valence-corrected chi connectivity index (χ1v) is 34.3. The molecule has 102 heavy (non-hydrogen) atoms. The summed E-state index contributed by atoms with van der Waals surface area (Å²) in [6.45, 7) is 25.5. The Morgan fingerprint density at radius 2 is 0.696 bits per heavy atom. The number of nitrogens with zero attached hydrogens (tertiary/aromatic N) is 2. The summed E-state index contributed by atoms with van der Waals surface area (Å²) in [6.07, 6.45) is -15.2. The molecule has 0 aromatic heterocycles. The molecule has 0 saturated carbocycles. The van der Waals surface area contributed by atoms with Crippen LogP contribution in [0.15, 0.2) is 9.98 Å². The molecule has 2 rings (SSSR count). The molecular formula is C64H102N8O28S2. The third kappa shape index (κ3) is 33.2. The Hall–Kier alpha value is -8.26. The summed E-state index contributed by atoms with van der Waals surface area (Å²) in [4.78, 5) is 191. The van der Waals surface area contributed by atoms with Crippen LogP contribution in [0.4, 0.5) is 19.2 Å². The number of alkyl carbamates (subject to hydrolysis) is 4. The number of hydrogen-bond acceptors (Lipinski definition) is 32. The number of esters is 8. The highest BCUT2D eigenvalue weighted by Gasteiger charge is 2.60. The molecule has 0 aromatic carbocycles. The van der Waals surface area contributed by atoms with Gasteiger partial charge in [-0.2, -0.15) is 0 Å². The number of thioether (sulfide) groups is 2. The number of guanidine groups is 2. The summed E-state index contributed by atoms with van der Waals surface area (Å²) in [5, 5.41) is 14.9. The van der Waals surface area contributed by atoms with Crippen LogP contribution in [0.1, 0.15) is 177 Å². The molecular weight excluding hydrogens is 1390 g/mol. The van der Waals surface area contributed by atoms with E-state index < -0.39 is 215 Å². The molecule has 0 bridgehead atoms. The van der Waals surface area contributed by atoms with Gasteiger partial charge in [-0.25, -0.2) is 38.8 Å². The lowest BCUT2D eigenvalue weighted by Gasteiger charge is -2.48. The number of unbranched alkanes of at least 4 members (excludes halogenated alkanes) is 3. The number of hydrogen-bond donors (Lipinski definition) is 6. The zero-order valence-corrected chi connectivity index (χ0v) is 63.6. The van der Waals surface area contributed by atoms with E-state index in [1.165, 1.54) is 0 Å². The van der Waals surface area contributed by atoms with E-state index in [1.807, 2.05) is 0 Å². The van der Waals surface area contributed by atoms with E-state index in [0.29, 0.717) is 12.8 Å². The SMILES string of the molecule is COC(=O)[C@@]1(SCCCCCCS[C@]2(C(=O)OC)C[C@H](N=C(NC(=O)OC(C)(C)C)NC(=O)OC(C)(C)C)[C@@H](NC(C)=O)[C@H]([C@@H](OC(C)=O)[C@H](COC(C)=O)OC(C)=O)O2)C[C@H](N=C(NC(=O)OC(C)(C)C)NC(=O)OC(C)(C)C)[C@@H](NC(C)=O)[C@H]([C@@H](OC(C)=O)[C@H](COC(C)=O)OC(C)=O)O1. The highest BCUT2D eigenvalue weighted by atomic mass is 32.2. The quantitative estimate of drug-likeness (QED) is 0.0213. The lowest BCUT2D eigenvalue weighted by Crippen LogP contribution is -2.67. The molecule has 36 nitrogen and oxygen atoms in total. The van der Waals surface area contributed by atoms with Crippen molar-refractivity contribution in [2.45, 2.75) is 270 Å². The van der Waals surface area contributed by atoms with E-state index >= 15 is 0 Å². The number of aliphatic imine (C=N–C) groups is 2. The van der Waals surface area contributed by atoms with Gasteiger partial charge in [-0.3, -0.25) is 59.6 Å². The predicted molar refractivity (Wildman–Crippen MR) is 362 cm³/mol. The van der Waals surface area contributed by atoms with Crippen molar-refractivity contribution in [3.8, 4) is 0 Å². The minimum Gasteiger partial charge on any atom is -0.466 e. The minimum absolute atomic E-state index is 0.0287. The first kappa shape index (κ1) is 89.8. The number of carbonyl (C=O) groups excluding carboxylic acids is 14. The van der Waals surface area contributed by atoms with Crippen molar-refractivity contribution in [1.82, 2.24) is 31.9 Å². The molecule has 0 unspecified atom stereocenters. The molecule has 2 aliphatic rings. The van der Waals surface area contributed by atoms with Crippen molar-refractivity contribution >= 4 is 119 Å². The molecule has 0 aromatic rings. The lowest BCUT2D eigenvalue weighted by molar-refractivity contribution is -0.211. The Kier molecular flexibility index (Phi) is 35.2. The van der Waals surface area contributed by atoms with Crippen molar-refractivity contribution in [2.24, 2.45) is 9.98 Å². The van der Waals surface area contributed by atoms with Crippen LogP contribution in [0.3, 0.4) is 0 Å². The molecule has 6 N–H and O–H groups in total. The van der Waals surface area contributed by atoms with Crippen LogP contribution in [0, 0.1) is 0 Å². The van der Waals surface area contributed by atoms with Gasteiger partial charge in [-0.15, -0.1) is 23.5 Å². The summed E-state index contributed by atoms with van der Waals surface area (Å²) in [5.41, 5.74) is -4.42. The molecule has 2 heterocycles. The van der Waals surface area contributed by atoms with E-state index in [1.54, 1.807) is 83.1 Å². The summed E-state index contributed by atoms with van der Waals surface area (Å²) >= 11 is 1.72. The molecule has 2 fully saturated rings. The smallest absolute Gasteiger partial charge is 0.414 e. The fourth-order valence-electron chi connectivity index (χ4n) is 9.89. The zero-order valence-electron chi connectivity index (χ0n) is 62.0. The van der Waals surface area contributed by atoms with Crippen molar-refractivity contribution < 1.29 is 133 Å². The first-order chi connectivity index (χ1) is 46.9. The number of carbonyl (C=O) groups is 14. The van der Waals surface area contributed by atoms with Crippen LogP contribution in [-0.4, -0.2) is 228 Å². The zero-order chi connectivity index (χ0) is 78.1. The van der Waals surface area contributed by atoms with Crippen molar-refractivity contribution in [1.29, 1.82) is 0 Å². The largest absolute Gasteiger partial charge is 0.466 e. The van der Waals surface area contributed by atoms with Gasteiger partial charge in [0.2, 0.25) is 33.6 Å². The van der Waals surface area contributed by atoms with Gasteiger partial charge in [-0.1, -0.05) is 12.8 Å². The second-order valence-electron chi connectivity index (χ2n) is 27.3. The highest BCUT2D eigenvalue weighted by molar-refractivity contribution is 8.01. The predicted octanol–water partition coefficient (Wildman–Crippen LogP) is 4.74. The van der Waals surface area contributed by atoms with Gasteiger partial charge < -0.3 is 76.9 Å². The monoisotopic (exact) mass is 1490 g/mol. The molecule has 578 valence electrons. The molecule has 0 radical (unpaired) electrons. The number of ether oxygens (including phenoxy) is 14. The van der Waals surface area contributed by atoms with Gasteiger partial charge in [0, 0.05) is 68.2 Å². The standard InChI is InChI=1S/C64H102N8O28S2/c1-33(73)65-45-41(67-53(69-55(83)97-59(9,10)11)70-56(84)98-60(12,13)14)29-63(51(81)87-21,95-49(45)47(93-39(7)79)43(91-37(5)77)31-89-35(3)75)101-27-25-23-24-26-28-102-64(52(82)88-22)30-42(68-54(71-57(85)99-61(15,16)17)72-58(86)100-62(18,19)20)46(66-34(2)74)50(96-64)48(94-40(8)80)44(92-38(6)78)32-90-36(4)76/h41-50H,23-32H2,1-22H3,(H,65,73)(H,66,74)(H2,67,69,70,83,84)(H2,68,71,72,85,86)/t41-,42-,43-,44-,45+,46+,47-,48-,49+,50+,63-,64-/m0/s1. The van der Waals surface area contributed by atoms with Crippen LogP contribution in [-0.2, 0) is 114 Å². The summed E-state index contributed by atoms with van der Waals surface area (Å²) in [7, 11) is 2.08. The molecule has 12 atom stereocenters. The maximum absolute atomic E-state index is 14.6. The Balaban J connectivity index is 2.96. The third-order valence-corrected chi connectivity index (χ3v) is 16.0. The number of amides is 6. The first-order valence-electron chi connectivity index (χ1n) is 32.4. The van der Waals surface area contributed by atoms with Gasteiger partial charge in [0.25, 0.3) is 0 Å². The second-order valence-corrected chi connectivity index (χ2v) is 30.0. The second kappa shape index (κ2) is 40.0. The van der Waals surface area contributed by atoms with Crippen LogP contribution in [0.25, 0.3) is 0 Å². The third-order valence-electron chi connectivity index (χ3n) is 13.2. The van der Waals surface area contributed by atoms with Crippen LogP contribution in [0.2, 0.25) is 0 Å². The van der Waals surface area contributed by atoms with Gasteiger partial charge in [0.05, 0.1) is 38.4 Å². The number of rotatable bonds is 27. The van der Waals surface area contributed by atoms with Gasteiger partial charge in [-0.05, 0) is 107 Å². The van der Waals surface area contributed by atoms with Crippen LogP contribution < -0.4 is 31.9 Å². The van der Waals surface area contributed by atoms with Crippen molar-refractivity contribution in [3.05, 3.63) is 0 Å². The Morgan fingerprint density at radius 3 is 0.922 bits per heavy atom. The van der Waals surface area contributed by atoms with E-state index in [-0.39, 0.29) is 24.3 Å². The fourth-order valence-corrected chi connectivity index (χ4v) is 12.6. The fraction of sp³-hybridized carbons (Fsp3) is 0.750. The van der Waals surface area contributed by atoms with Crippen molar-refractivity contribution in [2.75, 3.05) is 38.9 Å². The molecule has 2 saturated heterocycles. The average molecular weight is 1500 g/mol. The molecule has 38 heteroatoms. The Bertz CT molecular complexity index is 2790. The van der Waals surface area contributed by atoms with Gasteiger partial charge in [0.1, 0.15) is 47.8 Å². The summed E-state index contributed by atoms with van der Waals surface area (Å²) in [5.74, 6) is -10.5. The summed E-state index contributed by atoms with van der Waals surface area (Å²) < 4.78 is 79.3. The molecule has 0 spiro atoms. The van der Waals surface area contributed by atoms with Gasteiger partial charge in [0.15, 0.2) is 24.4 Å². The topological polar surface area (TPSA) is 465 Å². The average Bonchev–Trinajstić information content (AvgIpc) is 0.762.